The molecule has 1 aromatic rings. The molecule has 112 valence electrons. The van der Waals surface area contributed by atoms with Gasteiger partial charge in [0.15, 0.2) is 0 Å². The van der Waals surface area contributed by atoms with Gasteiger partial charge in [-0.15, -0.1) is 0 Å². The third kappa shape index (κ3) is 3.22. The van der Waals surface area contributed by atoms with E-state index >= 15 is 0 Å². The molecule has 1 aromatic heterocycles. The molecule has 1 N–H and O–H groups in total. The highest BCUT2D eigenvalue weighted by Crippen LogP contribution is 2.34. The first-order chi connectivity index (χ1) is 9.80. The predicted molar refractivity (Wildman–Crippen MR) is 87.8 cm³/mol. The fourth-order valence-electron chi connectivity index (χ4n) is 3.12. The summed E-state index contributed by atoms with van der Waals surface area (Å²) in [5.41, 5.74) is 1.76. The van der Waals surface area contributed by atoms with Gasteiger partial charge in [0, 0.05) is 37.0 Å². The maximum Gasteiger partial charge on any atom is 0.0594 e. The molecule has 2 aliphatic rings. The van der Waals surface area contributed by atoms with Crippen LogP contribution >= 0.6 is 23.1 Å². The number of rotatable bonds is 5. The van der Waals surface area contributed by atoms with Crippen molar-refractivity contribution < 1.29 is 4.74 Å². The van der Waals surface area contributed by atoms with E-state index in [1.165, 1.54) is 23.5 Å². The van der Waals surface area contributed by atoms with Crippen LogP contribution in [-0.2, 0) is 4.74 Å². The quantitative estimate of drug-likeness (QED) is 0.903. The van der Waals surface area contributed by atoms with Crippen LogP contribution in [0.15, 0.2) is 16.8 Å². The molecule has 0 aliphatic carbocycles. The molecule has 2 atom stereocenters. The standard InChI is InChI=1S/C15H24N2OS2/c1-13(14-2-8-19-10-14)16-11-15(3-9-20-12-15)17-4-6-18-7-5-17/h2,8,10,13,16H,3-7,9,11-12H2,1H3/t13-,15+/m1/s1. The van der Waals surface area contributed by atoms with Gasteiger partial charge in [-0.1, -0.05) is 0 Å². The van der Waals surface area contributed by atoms with Gasteiger partial charge >= 0.3 is 0 Å². The van der Waals surface area contributed by atoms with Crippen LogP contribution in [0, 0.1) is 0 Å². The molecule has 3 nitrogen and oxygen atoms in total. The van der Waals surface area contributed by atoms with Gasteiger partial charge in [-0.3, -0.25) is 4.90 Å². The van der Waals surface area contributed by atoms with Crippen molar-refractivity contribution in [3.63, 3.8) is 0 Å². The smallest absolute Gasteiger partial charge is 0.0594 e. The van der Waals surface area contributed by atoms with Crippen molar-refractivity contribution in [3.05, 3.63) is 22.4 Å². The Labute approximate surface area is 130 Å². The van der Waals surface area contributed by atoms with Gasteiger partial charge in [-0.05, 0) is 41.5 Å². The summed E-state index contributed by atoms with van der Waals surface area (Å²) in [6.45, 7) is 7.34. The summed E-state index contributed by atoms with van der Waals surface area (Å²) in [4.78, 5) is 2.67. The summed E-state index contributed by atoms with van der Waals surface area (Å²) >= 11 is 3.89. The van der Waals surface area contributed by atoms with Crippen LogP contribution in [-0.4, -0.2) is 54.8 Å². The largest absolute Gasteiger partial charge is 0.379 e. The van der Waals surface area contributed by atoms with E-state index in [2.05, 4.69) is 45.7 Å². The van der Waals surface area contributed by atoms with Gasteiger partial charge < -0.3 is 10.1 Å². The number of hydrogen-bond donors (Lipinski definition) is 1. The van der Waals surface area contributed by atoms with Crippen molar-refractivity contribution in [2.24, 2.45) is 0 Å². The molecule has 2 fully saturated rings. The van der Waals surface area contributed by atoms with Gasteiger partial charge in [0.2, 0.25) is 0 Å². The summed E-state index contributed by atoms with van der Waals surface area (Å²) in [6.07, 6.45) is 1.31. The zero-order valence-corrected chi connectivity index (χ0v) is 13.8. The Morgan fingerprint density at radius 3 is 2.95 bits per heavy atom. The van der Waals surface area contributed by atoms with Crippen molar-refractivity contribution in [3.8, 4) is 0 Å². The molecule has 3 heterocycles. The number of nitrogens with zero attached hydrogens (tertiary/aromatic N) is 1. The predicted octanol–water partition coefficient (Wildman–Crippen LogP) is 2.61. The number of morpholine rings is 1. The topological polar surface area (TPSA) is 24.5 Å². The van der Waals surface area contributed by atoms with Crippen LogP contribution in [0.3, 0.4) is 0 Å². The Morgan fingerprint density at radius 2 is 2.30 bits per heavy atom. The Bertz CT molecular complexity index is 398. The maximum absolute atomic E-state index is 5.52. The second-order valence-corrected chi connectivity index (χ2v) is 7.67. The summed E-state index contributed by atoms with van der Waals surface area (Å²) in [7, 11) is 0. The second kappa shape index (κ2) is 6.79. The highest BCUT2D eigenvalue weighted by Gasteiger charge is 2.40. The number of thioether (sulfide) groups is 1. The highest BCUT2D eigenvalue weighted by atomic mass is 32.2. The molecule has 0 saturated carbocycles. The van der Waals surface area contributed by atoms with Crippen molar-refractivity contribution in [1.82, 2.24) is 10.2 Å². The molecular formula is C15H24N2OS2. The minimum atomic E-state index is 0.346. The first-order valence-electron chi connectivity index (χ1n) is 7.46. The van der Waals surface area contributed by atoms with Gasteiger partial charge in [-0.25, -0.2) is 0 Å². The summed E-state index contributed by atoms with van der Waals surface area (Å²) in [5, 5.41) is 8.19. The molecule has 5 heteroatoms. The fraction of sp³-hybridized carbons (Fsp3) is 0.733. The third-order valence-electron chi connectivity index (χ3n) is 4.54. The zero-order chi connectivity index (χ0) is 13.8. The third-order valence-corrected chi connectivity index (χ3v) is 6.48. The van der Waals surface area contributed by atoms with E-state index in [0.29, 0.717) is 11.6 Å². The summed E-state index contributed by atoms with van der Waals surface area (Å²) in [6, 6.07) is 2.68. The molecule has 0 aromatic carbocycles. The Balaban J connectivity index is 1.62. The van der Waals surface area contributed by atoms with Crippen LogP contribution in [0.2, 0.25) is 0 Å². The van der Waals surface area contributed by atoms with Crippen molar-refractivity contribution in [1.29, 1.82) is 0 Å². The van der Waals surface area contributed by atoms with Crippen LogP contribution < -0.4 is 5.32 Å². The number of nitrogens with one attached hydrogen (secondary N) is 1. The van der Waals surface area contributed by atoms with E-state index in [-0.39, 0.29) is 0 Å². The van der Waals surface area contributed by atoms with Gasteiger partial charge in [0.05, 0.1) is 13.2 Å². The molecule has 2 aliphatic heterocycles. The van der Waals surface area contributed by atoms with E-state index in [0.717, 1.165) is 32.8 Å². The average Bonchev–Trinajstić information content (AvgIpc) is 3.18. The second-order valence-electron chi connectivity index (χ2n) is 5.79. The van der Waals surface area contributed by atoms with Crippen LogP contribution in [0.1, 0.15) is 24.9 Å². The van der Waals surface area contributed by atoms with Crippen molar-refractivity contribution >= 4 is 23.1 Å². The molecule has 0 amide bonds. The number of hydrogen-bond acceptors (Lipinski definition) is 5. The molecule has 3 rings (SSSR count). The Hall–Kier alpha value is -0.0700. The zero-order valence-electron chi connectivity index (χ0n) is 12.1. The highest BCUT2D eigenvalue weighted by molar-refractivity contribution is 7.99. The summed E-state index contributed by atoms with van der Waals surface area (Å²) < 4.78 is 5.52. The number of ether oxygens (including phenoxy) is 1. The first-order valence-corrected chi connectivity index (χ1v) is 9.56. The monoisotopic (exact) mass is 312 g/mol. The normalized spacial score (nSPS) is 29.6. The lowest BCUT2D eigenvalue weighted by atomic mass is 9.95. The molecule has 20 heavy (non-hydrogen) atoms. The van der Waals surface area contributed by atoms with Gasteiger partial charge in [0.1, 0.15) is 0 Å². The summed E-state index contributed by atoms with van der Waals surface area (Å²) in [5.74, 6) is 2.56. The van der Waals surface area contributed by atoms with Gasteiger partial charge in [0.25, 0.3) is 0 Å². The molecule has 2 saturated heterocycles. The van der Waals surface area contributed by atoms with E-state index in [1.807, 2.05) is 0 Å². The molecular weight excluding hydrogens is 288 g/mol. The lowest BCUT2D eigenvalue weighted by Gasteiger charge is -2.43. The maximum atomic E-state index is 5.52. The Morgan fingerprint density at radius 1 is 1.45 bits per heavy atom. The number of thiophene rings is 1. The average molecular weight is 313 g/mol. The minimum absolute atomic E-state index is 0.346. The van der Waals surface area contributed by atoms with Gasteiger partial charge in [-0.2, -0.15) is 23.1 Å². The van der Waals surface area contributed by atoms with E-state index in [9.17, 15) is 0 Å². The van der Waals surface area contributed by atoms with Crippen LogP contribution in [0.5, 0.6) is 0 Å². The first kappa shape index (κ1) is 14.9. The van der Waals surface area contributed by atoms with E-state index in [1.54, 1.807) is 11.3 Å². The SMILES string of the molecule is C[C@@H](NC[C@@]1(N2CCOCC2)CCSC1)c1ccsc1. The fourth-order valence-corrected chi connectivity index (χ4v) is 5.35. The molecule has 0 unspecified atom stereocenters. The lowest BCUT2D eigenvalue weighted by Crippen LogP contribution is -2.58. The minimum Gasteiger partial charge on any atom is -0.379 e. The van der Waals surface area contributed by atoms with Crippen LogP contribution in [0.4, 0.5) is 0 Å². The molecule has 0 bridgehead atoms. The van der Waals surface area contributed by atoms with E-state index in [4.69, 9.17) is 4.74 Å². The van der Waals surface area contributed by atoms with Crippen molar-refractivity contribution in [2.45, 2.75) is 24.9 Å². The van der Waals surface area contributed by atoms with Crippen molar-refractivity contribution in [2.75, 3.05) is 44.4 Å². The van der Waals surface area contributed by atoms with Crippen LogP contribution in [0.25, 0.3) is 0 Å². The molecule has 0 radical (unpaired) electrons. The van der Waals surface area contributed by atoms with E-state index < -0.39 is 0 Å². The molecule has 0 spiro atoms. The lowest BCUT2D eigenvalue weighted by molar-refractivity contribution is -0.0139. The Kier molecular flexibility index (Phi) is 5.04.